The number of nitrogens with zero attached hydrogens (tertiary/aromatic N) is 1. The van der Waals surface area contributed by atoms with Crippen LogP contribution in [0.25, 0.3) is 0 Å². The molecule has 0 saturated carbocycles. The Morgan fingerprint density at radius 3 is 2.29 bits per heavy atom. The molecular weight excluding hydrogens is 218 g/mol. The van der Waals surface area contributed by atoms with Crippen molar-refractivity contribution in [2.75, 3.05) is 26.8 Å². The third kappa shape index (κ3) is 3.42. The normalized spacial score (nSPS) is 19.8. The monoisotopic (exact) mass is 243 g/mol. The highest BCUT2D eigenvalue weighted by atomic mass is 16.5. The molecule has 0 spiro atoms. The lowest BCUT2D eigenvalue weighted by atomic mass is 9.79. The van der Waals surface area contributed by atoms with Crippen molar-refractivity contribution in [3.8, 4) is 0 Å². The van der Waals surface area contributed by atoms with Gasteiger partial charge in [0.15, 0.2) is 0 Å². The predicted octanol–water partition coefficient (Wildman–Crippen LogP) is 1.99. The Hall–Kier alpha value is -0.610. The quantitative estimate of drug-likeness (QED) is 0.775. The molecule has 0 amide bonds. The van der Waals surface area contributed by atoms with Gasteiger partial charge in [-0.05, 0) is 32.7 Å². The van der Waals surface area contributed by atoms with Crippen molar-refractivity contribution in [1.82, 2.24) is 4.90 Å². The molecule has 100 valence electrons. The molecule has 0 radical (unpaired) electrons. The van der Waals surface area contributed by atoms with Crippen LogP contribution in [0.15, 0.2) is 0 Å². The summed E-state index contributed by atoms with van der Waals surface area (Å²) >= 11 is 0. The summed E-state index contributed by atoms with van der Waals surface area (Å²) in [6.07, 6.45) is 3.40. The maximum absolute atomic E-state index is 11.5. The second kappa shape index (κ2) is 6.36. The van der Waals surface area contributed by atoms with E-state index in [1.165, 1.54) is 0 Å². The van der Waals surface area contributed by atoms with Crippen LogP contribution in [-0.4, -0.2) is 48.8 Å². The summed E-state index contributed by atoms with van der Waals surface area (Å²) in [5, 5.41) is 9.48. The zero-order valence-corrected chi connectivity index (χ0v) is 11.2. The van der Waals surface area contributed by atoms with Gasteiger partial charge in [0, 0.05) is 25.8 Å². The Balaban J connectivity index is 2.69. The van der Waals surface area contributed by atoms with E-state index in [1.807, 2.05) is 7.05 Å². The molecule has 17 heavy (non-hydrogen) atoms. The van der Waals surface area contributed by atoms with E-state index >= 15 is 0 Å². The minimum Gasteiger partial charge on any atom is -0.481 e. The van der Waals surface area contributed by atoms with Crippen molar-refractivity contribution in [3.05, 3.63) is 0 Å². The van der Waals surface area contributed by atoms with Gasteiger partial charge in [-0.2, -0.15) is 0 Å². The van der Waals surface area contributed by atoms with Crippen LogP contribution in [-0.2, 0) is 9.53 Å². The number of rotatable bonds is 6. The Kier molecular flexibility index (Phi) is 5.40. The first kappa shape index (κ1) is 14.5. The molecule has 1 N–H and O–H groups in total. The van der Waals surface area contributed by atoms with Crippen LogP contribution in [0.3, 0.4) is 0 Å². The minimum atomic E-state index is -0.668. The Morgan fingerprint density at radius 1 is 1.35 bits per heavy atom. The van der Waals surface area contributed by atoms with Crippen LogP contribution in [0.2, 0.25) is 0 Å². The summed E-state index contributed by atoms with van der Waals surface area (Å²) in [6, 6.07) is 0.481. The van der Waals surface area contributed by atoms with Crippen molar-refractivity contribution in [2.24, 2.45) is 5.41 Å². The SMILES string of the molecule is CCC(CC)N(C)CC1(C(=O)O)CCOCC1. The molecule has 1 heterocycles. The van der Waals surface area contributed by atoms with Gasteiger partial charge in [-0.15, -0.1) is 0 Å². The van der Waals surface area contributed by atoms with E-state index in [4.69, 9.17) is 4.74 Å². The van der Waals surface area contributed by atoms with Crippen molar-refractivity contribution >= 4 is 5.97 Å². The smallest absolute Gasteiger partial charge is 0.311 e. The van der Waals surface area contributed by atoms with Gasteiger partial charge < -0.3 is 14.7 Å². The molecule has 0 unspecified atom stereocenters. The highest BCUT2D eigenvalue weighted by molar-refractivity contribution is 5.75. The molecule has 1 fully saturated rings. The molecule has 0 aromatic rings. The van der Waals surface area contributed by atoms with Crippen LogP contribution >= 0.6 is 0 Å². The zero-order chi connectivity index (χ0) is 12.9. The molecule has 4 heteroatoms. The topological polar surface area (TPSA) is 49.8 Å². The molecule has 1 saturated heterocycles. The summed E-state index contributed by atoms with van der Waals surface area (Å²) in [6.45, 7) is 6.09. The first-order chi connectivity index (χ1) is 8.05. The first-order valence-corrected chi connectivity index (χ1v) is 6.57. The van der Waals surface area contributed by atoms with Crippen LogP contribution < -0.4 is 0 Å². The van der Waals surface area contributed by atoms with Crippen LogP contribution in [0.1, 0.15) is 39.5 Å². The number of carboxylic acids is 1. The van der Waals surface area contributed by atoms with Crippen LogP contribution in [0, 0.1) is 5.41 Å². The lowest BCUT2D eigenvalue weighted by Gasteiger charge is -2.38. The average Bonchev–Trinajstić information content (AvgIpc) is 2.31. The highest BCUT2D eigenvalue weighted by Crippen LogP contribution is 2.32. The first-order valence-electron chi connectivity index (χ1n) is 6.57. The highest BCUT2D eigenvalue weighted by Gasteiger charge is 2.41. The van der Waals surface area contributed by atoms with Gasteiger partial charge in [-0.3, -0.25) is 4.79 Å². The number of hydrogen-bond acceptors (Lipinski definition) is 3. The average molecular weight is 243 g/mol. The van der Waals surface area contributed by atoms with Crippen molar-refractivity contribution < 1.29 is 14.6 Å². The van der Waals surface area contributed by atoms with Gasteiger partial charge in [-0.1, -0.05) is 13.8 Å². The molecule has 0 aromatic heterocycles. The fraction of sp³-hybridized carbons (Fsp3) is 0.923. The van der Waals surface area contributed by atoms with Gasteiger partial charge in [0.05, 0.1) is 5.41 Å². The van der Waals surface area contributed by atoms with Gasteiger partial charge >= 0.3 is 5.97 Å². The van der Waals surface area contributed by atoms with E-state index in [0.717, 1.165) is 12.8 Å². The standard InChI is InChI=1S/C13H25NO3/c1-4-11(5-2)14(3)10-13(12(15)16)6-8-17-9-7-13/h11H,4-10H2,1-3H3,(H,15,16). The van der Waals surface area contributed by atoms with Crippen molar-refractivity contribution in [2.45, 2.75) is 45.6 Å². The van der Waals surface area contributed by atoms with Gasteiger partial charge in [0.1, 0.15) is 0 Å². The number of aliphatic carboxylic acids is 1. The molecule has 0 bridgehead atoms. The molecular formula is C13H25NO3. The Labute approximate surface area is 104 Å². The lowest BCUT2D eigenvalue weighted by Crippen LogP contribution is -2.48. The van der Waals surface area contributed by atoms with E-state index in [9.17, 15) is 9.90 Å². The molecule has 0 aromatic carbocycles. The number of ether oxygens (including phenoxy) is 1. The number of hydrogen-bond donors (Lipinski definition) is 1. The van der Waals surface area contributed by atoms with Crippen LogP contribution in [0.4, 0.5) is 0 Å². The fourth-order valence-electron chi connectivity index (χ4n) is 2.72. The Bertz CT molecular complexity index is 245. The molecule has 4 nitrogen and oxygen atoms in total. The second-order valence-electron chi connectivity index (χ2n) is 5.08. The maximum atomic E-state index is 11.5. The molecule has 1 aliphatic rings. The maximum Gasteiger partial charge on any atom is 0.311 e. The fourth-order valence-corrected chi connectivity index (χ4v) is 2.72. The van der Waals surface area contributed by atoms with Gasteiger partial charge in [0.25, 0.3) is 0 Å². The number of carbonyl (C=O) groups is 1. The van der Waals surface area contributed by atoms with Gasteiger partial charge in [-0.25, -0.2) is 0 Å². The van der Waals surface area contributed by atoms with E-state index in [0.29, 0.717) is 38.6 Å². The summed E-state index contributed by atoms with van der Waals surface area (Å²) in [5.74, 6) is -0.668. The number of carboxylic acid groups (broad SMARTS) is 1. The summed E-state index contributed by atoms with van der Waals surface area (Å²) in [4.78, 5) is 13.7. The molecule has 1 aliphatic heterocycles. The summed E-state index contributed by atoms with van der Waals surface area (Å²) in [7, 11) is 2.04. The largest absolute Gasteiger partial charge is 0.481 e. The molecule has 1 rings (SSSR count). The second-order valence-corrected chi connectivity index (χ2v) is 5.08. The van der Waals surface area contributed by atoms with E-state index in [-0.39, 0.29) is 0 Å². The van der Waals surface area contributed by atoms with E-state index in [1.54, 1.807) is 0 Å². The minimum absolute atomic E-state index is 0.481. The van der Waals surface area contributed by atoms with Gasteiger partial charge in [0.2, 0.25) is 0 Å². The van der Waals surface area contributed by atoms with Crippen molar-refractivity contribution in [3.63, 3.8) is 0 Å². The summed E-state index contributed by atoms with van der Waals surface area (Å²) in [5.41, 5.74) is -0.602. The van der Waals surface area contributed by atoms with Crippen LogP contribution in [0.5, 0.6) is 0 Å². The molecule has 0 aliphatic carbocycles. The molecule has 0 atom stereocenters. The Morgan fingerprint density at radius 2 is 1.88 bits per heavy atom. The van der Waals surface area contributed by atoms with E-state index < -0.39 is 11.4 Å². The third-order valence-corrected chi connectivity index (χ3v) is 4.02. The van der Waals surface area contributed by atoms with E-state index in [2.05, 4.69) is 18.7 Å². The summed E-state index contributed by atoms with van der Waals surface area (Å²) < 4.78 is 5.29. The zero-order valence-electron chi connectivity index (χ0n) is 11.2. The predicted molar refractivity (Wildman–Crippen MR) is 67.1 cm³/mol. The third-order valence-electron chi connectivity index (χ3n) is 4.02. The lowest BCUT2D eigenvalue weighted by molar-refractivity contribution is -0.156. The van der Waals surface area contributed by atoms with Crippen molar-refractivity contribution in [1.29, 1.82) is 0 Å².